The fourth-order valence-electron chi connectivity index (χ4n) is 1.34. The number of carbonyl (C=O) groups is 1. The molecule has 1 unspecified atom stereocenters. The number of aliphatic carboxylic acids is 1. The van der Waals surface area contributed by atoms with Crippen LogP contribution in [-0.2, 0) is 4.79 Å². The van der Waals surface area contributed by atoms with Crippen LogP contribution in [0.25, 0.3) is 0 Å². The Morgan fingerprint density at radius 3 is 2.60 bits per heavy atom. The van der Waals surface area contributed by atoms with Crippen molar-refractivity contribution in [1.82, 2.24) is 5.32 Å². The fraction of sp³-hybridized carbons (Fsp3) is 0.909. The molecular weight excluding hydrogens is 210 g/mol. The van der Waals surface area contributed by atoms with Gasteiger partial charge in [-0.2, -0.15) is 11.8 Å². The Morgan fingerprint density at radius 1 is 1.47 bits per heavy atom. The van der Waals surface area contributed by atoms with Crippen LogP contribution in [0.15, 0.2) is 0 Å². The standard InChI is InChI=1S/C11H23NO2S/c1-4-15-7-5-6-12-10(11(13)14)8-9(2)3/h9-10,12H,4-8H2,1-3H3,(H,13,14). The van der Waals surface area contributed by atoms with Gasteiger partial charge in [0.25, 0.3) is 0 Å². The molecule has 2 N–H and O–H groups in total. The molecule has 15 heavy (non-hydrogen) atoms. The van der Waals surface area contributed by atoms with Gasteiger partial charge < -0.3 is 10.4 Å². The molecule has 0 aliphatic heterocycles. The van der Waals surface area contributed by atoms with Crippen LogP contribution in [-0.4, -0.2) is 35.2 Å². The number of carboxylic acids is 1. The van der Waals surface area contributed by atoms with Gasteiger partial charge in [-0.1, -0.05) is 20.8 Å². The Bertz CT molecular complexity index is 174. The average molecular weight is 233 g/mol. The van der Waals surface area contributed by atoms with Gasteiger partial charge in [0.15, 0.2) is 0 Å². The van der Waals surface area contributed by atoms with E-state index in [0.717, 1.165) is 24.5 Å². The van der Waals surface area contributed by atoms with Gasteiger partial charge in [0.05, 0.1) is 0 Å². The predicted octanol–water partition coefficient (Wildman–Crippen LogP) is 2.22. The molecule has 0 aromatic rings. The zero-order valence-electron chi connectivity index (χ0n) is 9.95. The van der Waals surface area contributed by atoms with Gasteiger partial charge in [-0.15, -0.1) is 0 Å². The van der Waals surface area contributed by atoms with Crippen molar-refractivity contribution in [3.8, 4) is 0 Å². The maximum Gasteiger partial charge on any atom is 0.320 e. The van der Waals surface area contributed by atoms with Crippen LogP contribution in [0.2, 0.25) is 0 Å². The maximum atomic E-state index is 10.9. The normalized spacial score (nSPS) is 13.1. The van der Waals surface area contributed by atoms with Crippen molar-refractivity contribution in [1.29, 1.82) is 0 Å². The lowest BCUT2D eigenvalue weighted by Crippen LogP contribution is -2.38. The molecule has 0 aromatic carbocycles. The van der Waals surface area contributed by atoms with Crippen LogP contribution in [0.1, 0.15) is 33.6 Å². The molecule has 0 amide bonds. The maximum absolute atomic E-state index is 10.9. The highest BCUT2D eigenvalue weighted by atomic mass is 32.2. The third-order valence-electron chi connectivity index (χ3n) is 2.07. The molecule has 0 radical (unpaired) electrons. The molecule has 0 heterocycles. The third kappa shape index (κ3) is 8.75. The number of thioether (sulfide) groups is 1. The summed E-state index contributed by atoms with van der Waals surface area (Å²) in [6.07, 6.45) is 1.75. The average Bonchev–Trinajstić information content (AvgIpc) is 2.15. The van der Waals surface area contributed by atoms with Crippen molar-refractivity contribution in [2.75, 3.05) is 18.1 Å². The van der Waals surface area contributed by atoms with Gasteiger partial charge in [0.1, 0.15) is 6.04 Å². The second-order valence-electron chi connectivity index (χ2n) is 4.02. The van der Waals surface area contributed by atoms with E-state index in [2.05, 4.69) is 12.2 Å². The number of hydrogen-bond donors (Lipinski definition) is 2. The molecule has 0 aliphatic carbocycles. The summed E-state index contributed by atoms with van der Waals surface area (Å²) in [4.78, 5) is 10.9. The minimum absolute atomic E-state index is 0.378. The van der Waals surface area contributed by atoms with E-state index in [-0.39, 0.29) is 6.04 Å². The molecule has 0 aromatic heterocycles. The lowest BCUT2D eigenvalue weighted by molar-refractivity contribution is -0.139. The quantitative estimate of drug-likeness (QED) is 0.600. The monoisotopic (exact) mass is 233 g/mol. The van der Waals surface area contributed by atoms with Gasteiger partial charge in [-0.05, 0) is 36.8 Å². The van der Waals surface area contributed by atoms with Gasteiger partial charge >= 0.3 is 5.97 Å². The van der Waals surface area contributed by atoms with Crippen molar-refractivity contribution in [2.24, 2.45) is 5.92 Å². The highest BCUT2D eigenvalue weighted by Gasteiger charge is 2.17. The number of hydrogen-bond acceptors (Lipinski definition) is 3. The first-order chi connectivity index (χ1) is 7.07. The van der Waals surface area contributed by atoms with E-state index in [0.29, 0.717) is 12.3 Å². The number of rotatable bonds is 9. The van der Waals surface area contributed by atoms with E-state index < -0.39 is 5.97 Å². The number of carboxylic acid groups (broad SMARTS) is 1. The minimum Gasteiger partial charge on any atom is -0.480 e. The van der Waals surface area contributed by atoms with E-state index in [1.165, 1.54) is 0 Å². The molecule has 0 saturated carbocycles. The zero-order valence-corrected chi connectivity index (χ0v) is 10.8. The van der Waals surface area contributed by atoms with Crippen LogP contribution in [0.3, 0.4) is 0 Å². The lowest BCUT2D eigenvalue weighted by atomic mass is 10.0. The molecule has 4 heteroatoms. The minimum atomic E-state index is -0.730. The van der Waals surface area contributed by atoms with Crippen LogP contribution in [0.4, 0.5) is 0 Å². The molecule has 0 aliphatic rings. The van der Waals surface area contributed by atoms with Crippen LogP contribution >= 0.6 is 11.8 Å². The topological polar surface area (TPSA) is 49.3 Å². The largest absolute Gasteiger partial charge is 0.480 e. The summed E-state index contributed by atoms with van der Waals surface area (Å²) < 4.78 is 0. The second kappa shape index (κ2) is 9.04. The predicted molar refractivity (Wildman–Crippen MR) is 66.5 cm³/mol. The molecule has 0 bridgehead atoms. The Morgan fingerprint density at radius 2 is 2.13 bits per heavy atom. The Labute approximate surface area is 97.0 Å². The first kappa shape index (κ1) is 14.8. The van der Waals surface area contributed by atoms with E-state index >= 15 is 0 Å². The van der Waals surface area contributed by atoms with E-state index in [1.54, 1.807) is 0 Å². The summed E-state index contributed by atoms with van der Waals surface area (Å²) in [6.45, 7) is 7.03. The van der Waals surface area contributed by atoms with E-state index in [1.807, 2.05) is 25.6 Å². The van der Waals surface area contributed by atoms with Gasteiger partial charge in [-0.3, -0.25) is 4.79 Å². The number of nitrogens with one attached hydrogen (secondary N) is 1. The summed E-state index contributed by atoms with van der Waals surface area (Å²) in [5, 5.41) is 12.1. The zero-order chi connectivity index (χ0) is 11.7. The molecular formula is C11H23NO2S. The molecule has 3 nitrogen and oxygen atoms in total. The molecule has 90 valence electrons. The smallest absolute Gasteiger partial charge is 0.320 e. The van der Waals surface area contributed by atoms with Gasteiger partial charge in [0, 0.05) is 0 Å². The highest BCUT2D eigenvalue weighted by Crippen LogP contribution is 2.05. The fourth-order valence-corrected chi connectivity index (χ4v) is 1.97. The Hall–Kier alpha value is -0.220. The summed E-state index contributed by atoms with van der Waals surface area (Å²) >= 11 is 1.89. The summed E-state index contributed by atoms with van der Waals surface area (Å²) in [7, 11) is 0. The Kier molecular flexibility index (Phi) is 8.91. The Balaban J connectivity index is 3.62. The van der Waals surface area contributed by atoms with E-state index in [4.69, 9.17) is 5.11 Å². The molecule has 0 spiro atoms. The van der Waals surface area contributed by atoms with Crippen molar-refractivity contribution in [2.45, 2.75) is 39.7 Å². The first-order valence-corrected chi connectivity index (χ1v) is 6.77. The van der Waals surface area contributed by atoms with Crippen molar-refractivity contribution < 1.29 is 9.90 Å². The second-order valence-corrected chi connectivity index (χ2v) is 5.42. The van der Waals surface area contributed by atoms with E-state index in [9.17, 15) is 4.79 Å². The van der Waals surface area contributed by atoms with Crippen LogP contribution in [0.5, 0.6) is 0 Å². The first-order valence-electron chi connectivity index (χ1n) is 5.61. The summed E-state index contributed by atoms with van der Waals surface area (Å²) in [5.74, 6) is 1.93. The summed E-state index contributed by atoms with van der Waals surface area (Å²) in [6, 6.07) is -0.378. The van der Waals surface area contributed by atoms with Crippen LogP contribution < -0.4 is 5.32 Å². The van der Waals surface area contributed by atoms with Crippen LogP contribution in [0, 0.1) is 5.92 Å². The highest BCUT2D eigenvalue weighted by molar-refractivity contribution is 7.99. The van der Waals surface area contributed by atoms with Crippen molar-refractivity contribution >= 4 is 17.7 Å². The van der Waals surface area contributed by atoms with Crippen molar-refractivity contribution in [3.05, 3.63) is 0 Å². The van der Waals surface area contributed by atoms with Gasteiger partial charge in [0.2, 0.25) is 0 Å². The summed E-state index contributed by atoms with van der Waals surface area (Å²) in [5.41, 5.74) is 0. The molecule has 1 atom stereocenters. The van der Waals surface area contributed by atoms with Gasteiger partial charge in [-0.25, -0.2) is 0 Å². The third-order valence-corrected chi connectivity index (χ3v) is 3.05. The molecule has 0 saturated heterocycles. The SMILES string of the molecule is CCSCCCNC(CC(C)C)C(=O)O. The lowest BCUT2D eigenvalue weighted by Gasteiger charge is -2.16. The molecule has 0 rings (SSSR count). The van der Waals surface area contributed by atoms with Crippen molar-refractivity contribution in [3.63, 3.8) is 0 Å². The molecule has 0 fully saturated rings.